The zero-order valence-corrected chi connectivity index (χ0v) is 9.66. The molecule has 0 aliphatic heterocycles. The lowest BCUT2D eigenvalue weighted by Crippen LogP contribution is -2.43. The molecule has 1 rings (SSSR count). The number of amides is 1. The third-order valence-corrected chi connectivity index (χ3v) is 3.15. The molecule has 3 atom stereocenters. The number of hydrogen-bond acceptors (Lipinski definition) is 3. The van der Waals surface area contributed by atoms with Crippen LogP contribution in [-0.2, 0) is 9.53 Å². The fraction of sp³-hybridized carbons (Fsp3) is 0.909. The van der Waals surface area contributed by atoms with E-state index in [1.807, 2.05) is 6.92 Å². The van der Waals surface area contributed by atoms with Crippen molar-refractivity contribution >= 4 is 5.91 Å². The van der Waals surface area contributed by atoms with Crippen molar-refractivity contribution in [3.63, 3.8) is 0 Å². The summed E-state index contributed by atoms with van der Waals surface area (Å²) < 4.78 is 4.96. The van der Waals surface area contributed by atoms with E-state index in [-0.39, 0.29) is 17.9 Å². The Hall–Kier alpha value is -0.610. The number of methoxy groups -OCH3 is 1. The Kier molecular flexibility index (Phi) is 5.05. The maximum atomic E-state index is 11.7. The maximum absolute atomic E-state index is 11.7. The van der Waals surface area contributed by atoms with E-state index in [9.17, 15) is 4.79 Å². The molecule has 1 saturated carbocycles. The number of nitrogens with one attached hydrogen (secondary N) is 1. The molecule has 0 spiro atoms. The molecule has 1 fully saturated rings. The molecule has 1 aliphatic rings. The first-order valence-corrected chi connectivity index (χ1v) is 5.68. The molecule has 4 nitrogen and oxygen atoms in total. The van der Waals surface area contributed by atoms with Gasteiger partial charge in [-0.15, -0.1) is 0 Å². The van der Waals surface area contributed by atoms with Crippen molar-refractivity contribution in [3.05, 3.63) is 0 Å². The van der Waals surface area contributed by atoms with E-state index in [1.54, 1.807) is 7.11 Å². The van der Waals surface area contributed by atoms with Crippen LogP contribution >= 0.6 is 0 Å². The lowest BCUT2D eigenvalue weighted by atomic mass is 10.0. The Bertz CT molecular complexity index is 209. The minimum atomic E-state index is -0.0750. The summed E-state index contributed by atoms with van der Waals surface area (Å²) in [5, 5.41) is 3.07. The first-order chi connectivity index (χ1) is 7.19. The van der Waals surface area contributed by atoms with Gasteiger partial charge in [0.1, 0.15) is 0 Å². The Morgan fingerprint density at radius 1 is 1.60 bits per heavy atom. The van der Waals surface area contributed by atoms with E-state index in [2.05, 4.69) is 5.32 Å². The second-order valence-electron chi connectivity index (χ2n) is 4.40. The predicted octanol–water partition coefficient (Wildman–Crippen LogP) is 0.513. The number of nitrogens with two attached hydrogens (primary N) is 1. The summed E-state index contributed by atoms with van der Waals surface area (Å²) in [6.07, 6.45) is 3.37. The van der Waals surface area contributed by atoms with Crippen molar-refractivity contribution < 1.29 is 9.53 Å². The molecule has 1 aliphatic carbocycles. The topological polar surface area (TPSA) is 64.3 Å². The van der Waals surface area contributed by atoms with Crippen LogP contribution < -0.4 is 11.1 Å². The first-order valence-electron chi connectivity index (χ1n) is 5.68. The van der Waals surface area contributed by atoms with Gasteiger partial charge in [0.15, 0.2) is 0 Å². The molecular weight excluding hydrogens is 192 g/mol. The van der Waals surface area contributed by atoms with Gasteiger partial charge >= 0.3 is 0 Å². The second-order valence-corrected chi connectivity index (χ2v) is 4.40. The molecule has 3 unspecified atom stereocenters. The molecular formula is C11H22N2O2. The second kappa shape index (κ2) is 6.08. The summed E-state index contributed by atoms with van der Waals surface area (Å²) in [5.74, 6) is 0.472. The molecule has 1 amide bonds. The van der Waals surface area contributed by atoms with Gasteiger partial charge in [-0.1, -0.05) is 13.3 Å². The van der Waals surface area contributed by atoms with Crippen molar-refractivity contribution in [2.24, 2.45) is 17.6 Å². The Morgan fingerprint density at radius 2 is 2.33 bits per heavy atom. The molecule has 0 aromatic heterocycles. The molecule has 0 heterocycles. The summed E-state index contributed by atoms with van der Waals surface area (Å²) in [6.45, 7) is 3.03. The maximum Gasteiger partial charge on any atom is 0.225 e. The smallest absolute Gasteiger partial charge is 0.225 e. The van der Waals surface area contributed by atoms with Gasteiger partial charge in [0.2, 0.25) is 5.91 Å². The highest BCUT2D eigenvalue weighted by Gasteiger charge is 2.28. The van der Waals surface area contributed by atoms with Crippen LogP contribution in [0.5, 0.6) is 0 Å². The molecule has 15 heavy (non-hydrogen) atoms. The van der Waals surface area contributed by atoms with Gasteiger partial charge in [-0.3, -0.25) is 4.79 Å². The van der Waals surface area contributed by atoms with Gasteiger partial charge in [-0.05, 0) is 25.3 Å². The zero-order valence-electron chi connectivity index (χ0n) is 9.66. The lowest BCUT2D eigenvalue weighted by Gasteiger charge is -2.21. The minimum Gasteiger partial charge on any atom is -0.384 e. The van der Waals surface area contributed by atoms with Crippen LogP contribution in [0, 0.1) is 11.8 Å². The van der Waals surface area contributed by atoms with Crippen molar-refractivity contribution in [1.29, 1.82) is 0 Å². The van der Waals surface area contributed by atoms with Crippen molar-refractivity contribution in [3.8, 4) is 0 Å². The number of carbonyl (C=O) groups excluding carboxylic acids is 1. The van der Waals surface area contributed by atoms with Crippen LogP contribution in [0.15, 0.2) is 0 Å². The number of hydrogen-bond donors (Lipinski definition) is 2. The van der Waals surface area contributed by atoms with Crippen LogP contribution in [0.4, 0.5) is 0 Å². The van der Waals surface area contributed by atoms with Gasteiger partial charge in [-0.2, -0.15) is 0 Å². The van der Waals surface area contributed by atoms with Crippen LogP contribution in [0.25, 0.3) is 0 Å². The van der Waals surface area contributed by atoms with Gasteiger partial charge in [0, 0.05) is 13.2 Å². The molecule has 0 bridgehead atoms. The summed E-state index contributed by atoms with van der Waals surface area (Å²) >= 11 is 0. The average molecular weight is 214 g/mol. The lowest BCUT2D eigenvalue weighted by molar-refractivity contribution is -0.126. The van der Waals surface area contributed by atoms with E-state index in [0.717, 1.165) is 12.8 Å². The predicted molar refractivity (Wildman–Crippen MR) is 59.4 cm³/mol. The third-order valence-electron chi connectivity index (χ3n) is 3.15. The van der Waals surface area contributed by atoms with Crippen LogP contribution in [0.3, 0.4) is 0 Å². The molecule has 0 aromatic carbocycles. The van der Waals surface area contributed by atoms with Crippen LogP contribution in [-0.4, -0.2) is 32.2 Å². The summed E-state index contributed by atoms with van der Waals surface area (Å²) in [4.78, 5) is 11.7. The normalized spacial score (nSPS) is 27.7. The highest BCUT2D eigenvalue weighted by atomic mass is 16.5. The monoisotopic (exact) mass is 214 g/mol. The first kappa shape index (κ1) is 12.5. The molecule has 0 radical (unpaired) electrons. The summed E-state index contributed by atoms with van der Waals surface area (Å²) in [5.41, 5.74) is 5.66. The standard InChI is InChI=1S/C11H22N2O2/c1-8(7-15-2)11(14)13-10-5-3-4-9(10)6-12/h8-10H,3-7,12H2,1-2H3,(H,13,14). The van der Waals surface area contributed by atoms with E-state index >= 15 is 0 Å². The number of rotatable bonds is 5. The van der Waals surface area contributed by atoms with Crippen molar-refractivity contribution in [1.82, 2.24) is 5.32 Å². The summed E-state index contributed by atoms with van der Waals surface area (Å²) in [7, 11) is 1.61. The van der Waals surface area contributed by atoms with E-state index in [1.165, 1.54) is 6.42 Å². The third kappa shape index (κ3) is 3.47. The quantitative estimate of drug-likeness (QED) is 0.701. The van der Waals surface area contributed by atoms with E-state index < -0.39 is 0 Å². The molecule has 0 saturated heterocycles. The van der Waals surface area contributed by atoms with Crippen molar-refractivity contribution in [2.45, 2.75) is 32.2 Å². The SMILES string of the molecule is COCC(C)C(=O)NC1CCCC1CN. The van der Waals surface area contributed by atoms with Crippen LogP contribution in [0.2, 0.25) is 0 Å². The highest BCUT2D eigenvalue weighted by Crippen LogP contribution is 2.24. The Labute approximate surface area is 91.5 Å². The summed E-state index contributed by atoms with van der Waals surface area (Å²) in [6, 6.07) is 0.279. The molecule has 3 N–H and O–H groups in total. The average Bonchev–Trinajstić information content (AvgIpc) is 2.65. The number of ether oxygens (including phenoxy) is 1. The largest absolute Gasteiger partial charge is 0.384 e. The minimum absolute atomic E-state index is 0.0750. The van der Waals surface area contributed by atoms with Gasteiger partial charge in [0.25, 0.3) is 0 Å². The Balaban J connectivity index is 2.36. The van der Waals surface area contributed by atoms with Gasteiger partial charge in [0.05, 0.1) is 12.5 Å². The molecule has 88 valence electrons. The van der Waals surface area contributed by atoms with Gasteiger partial charge in [-0.25, -0.2) is 0 Å². The number of carbonyl (C=O) groups is 1. The Morgan fingerprint density at radius 3 is 2.93 bits per heavy atom. The van der Waals surface area contributed by atoms with Crippen LogP contribution in [0.1, 0.15) is 26.2 Å². The van der Waals surface area contributed by atoms with E-state index in [4.69, 9.17) is 10.5 Å². The molecule has 0 aromatic rings. The zero-order chi connectivity index (χ0) is 11.3. The fourth-order valence-corrected chi connectivity index (χ4v) is 2.16. The highest BCUT2D eigenvalue weighted by molar-refractivity contribution is 5.78. The fourth-order valence-electron chi connectivity index (χ4n) is 2.16. The molecule has 4 heteroatoms. The van der Waals surface area contributed by atoms with Crippen molar-refractivity contribution in [2.75, 3.05) is 20.3 Å². The van der Waals surface area contributed by atoms with Gasteiger partial charge < -0.3 is 15.8 Å². The van der Waals surface area contributed by atoms with E-state index in [0.29, 0.717) is 19.1 Å².